The van der Waals surface area contributed by atoms with Gasteiger partial charge in [-0.1, -0.05) is 12.1 Å². The molecule has 4 nitrogen and oxygen atoms in total. The number of halogens is 1. The maximum absolute atomic E-state index is 12.9. The number of nitrogens with zero attached hydrogens (tertiary/aromatic N) is 2. The lowest BCUT2D eigenvalue weighted by atomic mass is 10.1. The van der Waals surface area contributed by atoms with Gasteiger partial charge in [0, 0.05) is 18.4 Å². The van der Waals surface area contributed by atoms with E-state index in [-0.39, 0.29) is 24.3 Å². The molecule has 1 heterocycles. The van der Waals surface area contributed by atoms with Crippen LogP contribution in [0.3, 0.4) is 0 Å². The van der Waals surface area contributed by atoms with Gasteiger partial charge >= 0.3 is 0 Å². The SMILES string of the molecule is O=C(c1cccnc1)N(CC(O)c1ccc(F)cc1)C1CC1. The van der Waals surface area contributed by atoms with Crippen molar-refractivity contribution in [1.29, 1.82) is 0 Å². The van der Waals surface area contributed by atoms with E-state index in [9.17, 15) is 14.3 Å². The summed E-state index contributed by atoms with van der Waals surface area (Å²) in [7, 11) is 0. The zero-order valence-corrected chi connectivity index (χ0v) is 12.0. The molecule has 1 aliphatic carbocycles. The third-order valence-corrected chi connectivity index (χ3v) is 3.78. The zero-order chi connectivity index (χ0) is 15.5. The molecule has 1 aromatic heterocycles. The van der Waals surface area contributed by atoms with Gasteiger partial charge in [-0.15, -0.1) is 0 Å². The maximum Gasteiger partial charge on any atom is 0.255 e. The molecular formula is C17H17FN2O2. The lowest BCUT2D eigenvalue weighted by Gasteiger charge is -2.25. The summed E-state index contributed by atoms with van der Waals surface area (Å²) in [6, 6.07) is 9.30. The van der Waals surface area contributed by atoms with Gasteiger partial charge in [-0.05, 0) is 42.7 Å². The minimum atomic E-state index is -0.832. The number of hydrogen-bond donors (Lipinski definition) is 1. The van der Waals surface area contributed by atoms with E-state index in [1.165, 1.54) is 18.3 Å². The second-order valence-corrected chi connectivity index (χ2v) is 5.50. The van der Waals surface area contributed by atoms with Crippen LogP contribution in [-0.2, 0) is 0 Å². The molecule has 1 unspecified atom stereocenters. The smallest absolute Gasteiger partial charge is 0.255 e. The Labute approximate surface area is 128 Å². The fraction of sp³-hybridized carbons (Fsp3) is 0.294. The Balaban J connectivity index is 1.74. The van der Waals surface area contributed by atoms with E-state index in [2.05, 4.69) is 4.98 Å². The number of benzene rings is 1. The van der Waals surface area contributed by atoms with Gasteiger partial charge in [0.25, 0.3) is 5.91 Å². The molecule has 1 aromatic carbocycles. The van der Waals surface area contributed by atoms with Crippen LogP contribution >= 0.6 is 0 Å². The first-order valence-electron chi connectivity index (χ1n) is 7.29. The molecule has 3 rings (SSSR count). The average molecular weight is 300 g/mol. The Kier molecular flexibility index (Phi) is 4.15. The van der Waals surface area contributed by atoms with Crippen molar-refractivity contribution in [2.75, 3.05) is 6.54 Å². The predicted molar refractivity (Wildman–Crippen MR) is 79.7 cm³/mol. The van der Waals surface area contributed by atoms with Gasteiger partial charge in [0.1, 0.15) is 5.82 Å². The summed E-state index contributed by atoms with van der Waals surface area (Å²) in [4.78, 5) is 18.2. The van der Waals surface area contributed by atoms with Crippen molar-refractivity contribution in [3.63, 3.8) is 0 Å². The summed E-state index contributed by atoms with van der Waals surface area (Å²) < 4.78 is 12.9. The number of pyridine rings is 1. The van der Waals surface area contributed by atoms with Gasteiger partial charge in [-0.2, -0.15) is 0 Å². The molecule has 1 amide bonds. The fourth-order valence-corrected chi connectivity index (χ4v) is 2.42. The molecule has 1 aliphatic rings. The first-order chi connectivity index (χ1) is 10.6. The number of rotatable bonds is 5. The minimum absolute atomic E-state index is 0.128. The summed E-state index contributed by atoms with van der Waals surface area (Å²) in [5, 5.41) is 10.3. The van der Waals surface area contributed by atoms with Crippen LogP contribution in [0.2, 0.25) is 0 Å². The third-order valence-electron chi connectivity index (χ3n) is 3.78. The van der Waals surface area contributed by atoms with Crippen molar-refractivity contribution in [2.45, 2.75) is 25.0 Å². The highest BCUT2D eigenvalue weighted by molar-refractivity contribution is 5.94. The van der Waals surface area contributed by atoms with Gasteiger partial charge < -0.3 is 10.0 Å². The number of carbonyl (C=O) groups excluding carboxylic acids is 1. The van der Waals surface area contributed by atoms with Crippen LogP contribution in [0.4, 0.5) is 4.39 Å². The highest BCUT2D eigenvalue weighted by atomic mass is 19.1. The summed E-state index contributed by atoms with van der Waals surface area (Å²) in [5.74, 6) is -0.474. The summed E-state index contributed by atoms with van der Waals surface area (Å²) in [5.41, 5.74) is 1.12. The molecular weight excluding hydrogens is 283 g/mol. The van der Waals surface area contributed by atoms with Gasteiger partial charge in [0.2, 0.25) is 0 Å². The van der Waals surface area contributed by atoms with Crippen molar-refractivity contribution >= 4 is 5.91 Å². The Hall–Kier alpha value is -2.27. The quantitative estimate of drug-likeness (QED) is 0.923. The van der Waals surface area contributed by atoms with Crippen LogP contribution in [0.5, 0.6) is 0 Å². The lowest BCUT2D eigenvalue weighted by molar-refractivity contribution is 0.0602. The first-order valence-corrected chi connectivity index (χ1v) is 7.29. The molecule has 0 saturated heterocycles. The van der Waals surface area contributed by atoms with Crippen molar-refractivity contribution < 1.29 is 14.3 Å². The van der Waals surface area contributed by atoms with E-state index < -0.39 is 6.10 Å². The molecule has 0 radical (unpaired) electrons. The van der Waals surface area contributed by atoms with E-state index in [1.54, 1.807) is 35.4 Å². The standard InChI is InChI=1S/C17H17FN2O2/c18-14-5-3-12(4-6-14)16(21)11-20(15-7-8-15)17(22)13-2-1-9-19-10-13/h1-6,9-10,15-16,21H,7-8,11H2. The molecule has 22 heavy (non-hydrogen) atoms. The largest absolute Gasteiger partial charge is 0.387 e. The molecule has 0 aliphatic heterocycles. The van der Waals surface area contributed by atoms with Crippen molar-refractivity contribution in [3.8, 4) is 0 Å². The van der Waals surface area contributed by atoms with Crippen LogP contribution in [0.15, 0.2) is 48.8 Å². The zero-order valence-electron chi connectivity index (χ0n) is 12.0. The fourth-order valence-electron chi connectivity index (χ4n) is 2.42. The summed E-state index contributed by atoms with van der Waals surface area (Å²) in [6.45, 7) is 0.198. The number of aliphatic hydroxyl groups excluding tert-OH is 1. The Bertz CT molecular complexity index is 641. The second kappa shape index (κ2) is 6.23. The minimum Gasteiger partial charge on any atom is -0.387 e. The second-order valence-electron chi connectivity index (χ2n) is 5.50. The molecule has 0 bridgehead atoms. The van der Waals surface area contributed by atoms with E-state index in [0.717, 1.165) is 12.8 Å². The van der Waals surface area contributed by atoms with Gasteiger partial charge in [0.15, 0.2) is 0 Å². The number of aromatic nitrogens is 1. The number of aliphatic hydroxyl groups is 1. The highest BCUT2D eigenvalue weighted by Crippen LogP contribution is 2.30. The van der Waals surface area contributed by atoms with Crippen LogP contribution < -0.4 is 0 Å². The van der Waals surface area contributed by atoms with Gasteiger partial charge in [-0.3, -0.25) is 9.78 Å². The molecule has 114 valence electrons. The monoisotopic (exact) mass is 300 g/mol. The van der Waals surface area contributed by atoms with Gasteiger partial charge in [-0.25, -0.2) is 4.39 Å². The van der Waals surface area contributed by atoms with Gasteiger partial charge in [0.05, 0.1) is 18.2 Å². The third kappa shape index (κ3) is 3.31. The number of carbonyl (C=O) groups is 1. The van der Waals surface area contributed by atoms with E-state index in [1.807, 2.05) is 0 Å². The Morgan fingerprint density at radius 1 is 1.32 bits per heavy atom. The normalized spacial score (nSPS) is 15.4. The van der Waals surface area contributed by atoms with E-state index in [0.29, 0.717) is 11.1 Å². The Morgan fingerprint density at radius 3 is 2.64 bits per heavy atom. The lowest BCUT2D eigenvalue weighted by Crippen LogP contribution is -2.36. The first kappa shape index (κ1) is 14.7. The van der Waals surface area contributed by atoms with E-state index in [4.69, 9.17) is 0 Å². The molecule has 1 atom stereocenters. The van der Waals surface area contributed by atoms with Crippen LogP contribution in [0, 0.1) is 5.82 Å². The maximum atomic E-state index is 12.9. The van der Waals surface area contributed by atoms with Crippen LogP contribution in [0.1, 0.15) is 34.9 Å². The number of amides is 1. The number of hydrogen-bond acceptors (Lipinski definition) is 3. The highest BCUT2D eigenvalue weighted by Gasteiger charge is 2.34. The predicted octanol–water partition coefficient (Wildman–Crippen LogP) is 2.56. The molecule has 5 heteroatoms. The molecule has 0 spiro atoms. The topological polar surface area (TPSA) is 53.4 Å². The molecule has 1 saturated carbocycles. The van der Waals surface area contributed by atoms with Crippen LogP contribution in [0.25, 0.3) is 0 Å². The average Bonchev–Trinajstić information content (AvgIpc) is 3.38. The van der Waals surface area contributed by atoms with Crippen molar-refractivity contribution in [2.24, 2.45) is 0 Å². The Morgan fingerprint density at radius 2 is 2.05 bits per heavy atom. The molecule has 2 aromatic rings. The van der Waals surface area contributed by atoms with Crippen molar-refractivity contribution in [3.05, 3.63) is 65.7 Å². The summed E-state index contributed by atoms with van der Waals surface area (Å²) in [6.07, 6.45) is 4.21. The van der Waals surface area contributed by atoms with E-state index >= 15 is 0 Å². The van der Waals surface area contributed by atoms with Crippen LogP contribution in [-0.4, -0.2) is 33.5 Å². The molecule has 1 N–H and O–H groups in total. The summed E-state index contributed by atoms with van der Waals surface area (Å²) >= 11 is 0. The molecule has 1 fully saturated rings. The van der Waals surface area contributed by atoms with Crippen molar-refractivity contribution in [1.82, 2.24) is 9.88 Å².